The van der Waals surface area contributed by atoms with Crippen molar-refractivity contribution in [3.63, 3.8) is 0 Å². The van der Waals surface area contributed by atoms with Gasteiger partial charge in [-0.2, -0.15) is 0 Å². The molecule has 74 valence electrons. The van der Waals surface area contributed by atoms with Crippen LogP contribution in [0.1, 0.15) is 19.3 Å². The second-order valence-electron chi connectivity index (χ2n) is 3.72. The molecule has 1 fully saturated rings. The van der Waals surface area contributed by atoms with Crippen molar-refractivity contribution in [2.24, 2.45) is 17.6 Å². The van der Waals surface area contributed by atoms with Crippen molar-refractivity contribution in [2.45, 2.75) is 19.3 Å². The molecule has 3 heteroatoms. The van der Waals surface area contributed by atoms with E-state index in [2.05, 4.69) is 6.58 Å². The Bertz CT molecular complexity index is 213. The molecular weight excluding hydrogens is 166 g/mol. The van der Waals surface area contributed by atoms with Gasteiger partial charge in [-0.25, -0.2) is 0 Å². The molecule has 0 heterocycles. The third kappa shape index (κ3) is 2.56. The van der Waals surface area contributed by atoms with Gasteiger partial charge in [0.25, 0.3) is 0 Å². The largest absolute Gasteiger partial charge is 0.384 e. The van der Waals surface area contributed by atoms with Crippen LogP contribution in [-0.4, -0.2) is 19.6 Å². The maximum absolute atomic E-state index is 11.1. The Hall–Kier alpha value is -0.830. The highest BCUT2D eigenvalue weighted by atomic mass is 16.5. The lowest BCUT2D eigenvalue weighted by Gasteiger charge is -2.29. The second kappa shape index (κ2) is 4.42. The van der Waals surface area contributed by atoms with Crippen LogP contribution in [0, 0.1) is 11.8 Å². The monoisotopic (exact) mass is 183 g/mol. The van der Waals surface area contributed by atoms with Gasteiger partial charge >= 0.3 is 0 Å². The summed E-state index contributed by atoms with van der Waals surface area (Å²) in [4.78, 5) is 11.1. The predicted octanol–water partition coefficient (Wildman–Crippen LogP) is 1.09. The third-order valence-electron chi connectivity index (χ3n) is 2.69. The van der Waals surface area contributed by atoms with Gasteiger partial charge in [0, 0.05) is 19.6 Å². The quantitative estimate of drug-likeness (QED) is 0.666. The average molecular weight is 183 g/mol. The van der Waals surface area contributed by atoms with Crippen molar-refractivity contribution in [1.82, 2.24) is 0 Å². The van der Waals surface area contributed by atoms with E-state index in [1.54, 1.807) is 7.11 Å². The lowest BCUT2D eigenvalue weighted by Crippen LogP contribution is -2.35. The SMILES string of the molecule is C=C1CCC(COC)C(C(N)=O)C1. The van der Waals surface area contributed by atoms with Crippen LogP contribution in [0.3, 0.4) is 0 Å². The van der Waals surface area contributed by atoms with E-state index < -0.39 is 0 Å². The normalized spacial score (nSPS) is 28.8. The fourth-order valence-electron chi connectivity index (χ4n) is 1.92. The van der Waals surface area contributed by atoms with E-state index in [1.165, 1.54) is 0 Å². The molecule has 1 aliphatic rings. The first kappa shape index (κ1) is 10.3. The number of rotatable bonds is 3. The number of ether oxygens (including phenoxy) is 1. The van der Waals surface area contributed by atoms with E-state index >= 15 is 0 Å². The van der Waals surface area contributed by atoms with Gasteiger partial charge in [-0.05, 0) is 25.2 Å². The fourth-order valence-corrected chi connectivity index (χ4v) is 1.92. The molecule has 2 unspecified atom stereocenters. The summed E-state index contributed by atoms with van der Waals surface area (Å²) in [6.07, 6.45) is 2.71. The van der Waals surface area contributed by atoms with E-state index in [0.717, 1.165) is 24.8 Å². The molecule has 2 N–H and O–H groups in total. The third-order valence-corrected chi connectivity index (χ3v) is 2.69. The summed E-state index contributed by atoms with van der Waals surface area (Å²) < 4.78 is 5.06. The van der Waals surface area contributed by atoms with Gasteiger partial charge in [0.2, 0.25) is 5.91 Å². The van der Waals surface area contributed by atoms with Gasteiger partial charge in [-0.1, -0.05) is 12.2 Å². The van der Waals surface area contributed by atoms with Crippen molar-refractivity contribution in [3.8, 4) is 0 Å². The van der Waals surface area contributed by atoms with Crippen LogP contribution in [0.4, 0.5) is 0 Å². The zero-order valence-electron chi connectivity index (χ0n) is 8.08. The molecular formula is C10H17NO2. The first-order chi connectivity index (χ1) is 6.15. The van der Waals surface area contributed by atoms with Crippen LogP contribution < -0.4 is 5.73 Å². The summed E-state index contributed by atoms with van der Waals surface area (Å²) in [5.41, 5.74) is 6.45. The Morgan fingerprint density at radius 1 is 1.77 bits per heavy atom. The number of hydrogen-bond donors (Lipinski definition) is 1. The molecule has 0 aliphatic heterocycles. The maximum atomic E-state index is 11.1. The Morgan fingerprint density at radius 2 is 2.46 bits per heavy atom. The molecule has 0 bridgehead atoms. The highest BCUT2D eigenvalue weighted by Gasteiger charge is 2.30. The Balaban J connectivity index is 2.60. The molecule has 13 heavy (non-hydrogen) atoms. The highest BCUT2D eigenvalue weighted by Crippen LogP contribution is 2.32. The standard InChI is InChI=1S/C10H17NO2/c1-7-3-4-8(6-13-2)9(5-7)10(11)12/h8-9H,1,3-6H2,2H3,(H2,11,12). The van der Waals surface area contributed by atoms with Crippen LogP contribution in [-0.2, 0) is 9.53 Å². The molecule has 1 aliphatic carbocycles. The number of carbonyl (C=O) groups is 1. The number of primary amides is 1. The topological polar surface area (TPSA) is 52.3 Å². The zero-order valence-corrected chi connectivity index (χ0v) is 8.08. The number of hydrogen-bond acceptors (Lipinski definition) is 2. The van der Waals surface area contributed by atoms with Gasteiger partial charge in [-0.15, -0.1) is 0 Å². The van der Waals surface area contributed by atoms with Crippen LogP contribution in [0.25, 0.3) is 0 Å². The minimum absolute atomic E-state index is 0.0683. The van der Waals surface area contributed by atoms with Gasteiger partial charge in [0.15, 0.2) is 0 Å². The number of allylic oxidation sites excluding steroid dienone is 1. The molecule has 0 aromatic heterocycles. The van der Waals surface area contributed by atoms with E-state index in [9.17, 15) is 4.79 Å². The molecule has 0 spiro atoms. The van der Waals surface area contributed by atoms with Crippen LogP contribution in [0.15, 0.2) is 12.2 Å². The summed E-state index contributed by atoms with van der Waals surface area (Å²) in [6, 6.07) is 0. The van der Waals surface area contributed by atoms with Crippen LogP contribution in [0.2, 0.25) is 0 Å². The minimum atomic E-state index is -0.220. The number of nitrogens with two attached hydrogens (primary N) is 1. The smallest absolute Gasteiger partial charge is 0.221 e. The molecule has 0 aromatic carbocycles. The van der Waals surface area contributed by atoms with Crippen molar-refractivity contribution in [1.29, 1.82) is 0 Å². The molecule has 1 amide bonds. The molecule has 3 nitrogen and oxygen atoms in total. The predicted molar refractivity (Wildman–Crippen MR) is 51.0 cm³/mol. The van der Waals surface area contributed by atoms with Gasteiger partial charge in [-0.3, -0.25) is 4.79 Å². The minimum Gasteiger partial charge on any atom is -0.384 e. The van der Waals surface area contributed by atoms with Crippen molar-refractivity contribution in [2.75, 3.05) is 13.7 Å². The van der Waals surface area contributed by atoms with Crippen LogP contribution in [0.5, 0.6) is 0 Å². The molecule has 1 saturated carbocycles. The molecule has 0 saturated heterocycles. The van der Waals surface area contributed by atoms with Gasteiger partial charge in [0.1, 0.15) is 0 Å². The van der Waals surface area contributed by atoms with Crippen LogP contribution >= 0.6 is 0 Å². The van der Waals surface area contributed by atoms with E-state index in [1.807, 2.05) is 0 Å². The van der Waals surface area contributed by atoms with Gasteiger partial charge < -0.3 is 10.5 Å². The van der Waals surface area contributed by atoms with E-state index in [-0.39, 0.29) is 17.7 Å². The summed E-state index contributed by atoms with van der Waals surface area (Å²) in [7, 11) is 1.65. The Kier molecular flexibility index (Phi) is 3.48. The average Bonchev–Trinajstić information content (AvgIpc) is 2.08. The fraction of sp³-hybridized carbons (Fsp3) is 0.700. The van der Waals surface area contributed by atoms with Crippen molar-refractivity contribution >= 4 is 5.91 Å². The summed E-state index contributed by atoms with van der Waals surface area (Å²) in [5, 5.41) is 0. The number of amides is 1. The zero-order chi connectivity index (χ0) is 9.84. The highest BCUT2D eigenvalue weighted by molar-refractivity contribution is 5.77. The Morgan fingerprint density at radius 3 is 3.00 bits per heavy atom. The molecule has 0 aromatic rings. The number of methoxy groups -OCH3 is 1. The summed E-state index contributed by atoms with van der Waals surface area (Å²) >= 11 is 0. The first-order valence-electron chi connectivity index (χ1n) is 4.60. The molecule has 0 radical (unpaired) electrons. The summed E-state index contributed by atoms with van der Waals surface area (Å²) in [6.45, 7) is 4.52. The number of carbonyl (C=O) groups excluding carboxylic acids is 1. The Labute approximate surface area is 78.9 Å². The first-order valence-corrected chi connectivity index (χ1v) is 4.60. The van der Waals surface area contributed by atoms with Crippen molar-refractivity contribution < 1.29 is 9.53 Å². The lowest BCUT2D eigenvalue weighted by atomic mass is 9.77. The summed E-state index contributed by atoms with van der Waals surface area (Å²) in [5.74, 6) is -0.00269. The molecule has 1 rings (SSSR count). The van der Waals surface area contributed by atoms with Crippen molar-refractivity contribution in [3.05, 3.63) is 12.2 Å². The van der Waals surface area contributed by atoms with E-state index in [4.69, 9.17) is 10.5 Å². The molecule has 2 atom stereocenters. The second-order valence-corrected chi connectivity index (χ2v) is 3.72. The van der Waals surface area contributed by atoms with E-state index in [0.29, 0.717) is 6.61 Å². The maximum Gasteiger partial charge on any atom is 0.221 e. The van der Waals surface area contributed by atoms with Gasteiger partial charge in [0.05, 0.1) is 0 Å². The lowest BCUT2D eigenvalue weighted by molar-refractivity contribution is -0.124.